The van der Waals surface area contributed by atoms with E-state index in [2.05, 4.69) is 10.1 Å². The fourth-order valence-electron chi connectivity index (χ4n) is 2.20. The Bertz CT molecular complexity index is 553. The van der Waals surface area contributed by atoms with Crippen LogP contribution in [0.1, 0.15) is 25.2 Å². The highest BCUT2D eigenvalue weighted by atomic mass is 16.5. The molecule has 1 saturated heterocycles. The monoisotopic (exact) mass is 246 g/mol. The maximum absolute atomic E-state index is 9.43. The Balaban J connectivity index is 1.89. The zero-order valence-corrected chi connectivity index (χ0v) is 10.0. The van der Waals surface area contributed by atoms with Gasteiger partial charge in [-0.05, 0) is 25.5 Å². The quantitative estimate of drug-likeness (QED) is 0.880. The van der Waals surface area contributed by atoms with Gasteiger partial charge in [0.25, 0.3) is 0 Å². The normalized spacial score (nSPS) is 23.4. The number of phenolic OH excluding ortho intramolecular Hbond substituents is 1. The molecule has 18 heavy (non-hydrogen) atoms. The van der Waals surface area contributed by atoms with Gasteiger partial charge >= 0.3 is 0 Å². The van der Waals surface area contributed by atoms with Crippen LogP contribution in [0.3, 0.4) is 0 Å². The number of hydrogen-bond donors (Lipinski definition) is 1. The number of hydrogen-bond acceptors (Lipinski definition) is 5. The Morgan fingerprint density at radius 2 is 2.28 bits per heavy atom. The molecule has 2 heterocycles. The topological polar surface area (TPSA) is 68.4 Å². The van der Waals surface area contributed by atoms with E-state index in [1.54, 1.807) is 18.2 Å². The third kappa shape index (κ3) is 1.97. The summed E-state index contributed by atoms with van der Waals surface area (Å²) >= 11 is 0. The van der Waals surface area contributed by atoms with Crippen LogP contribution in [0, 0.1) is 0 Å². The molecule has 2 atom stereocenters. The highest BCUT2D eigenvalue weighted by Gasteiger charge is 2.30. The number of rotatable bonds is 2. The highest BCUT2D eigenvalue weighted by molar-refractivity contribution is 5.56. The Morgan fingerprint density at radius 1 is 1.39 bits per heavy atom. The van der Waals surface area contributed by atoms with Crippen molar-refractivity contribution < 1.29 is 14.4 Å². The van der Waals surface area contributed by atoms with Crippen LogP contribution in [0.25, 0.3) is 11.4 Å². The van der Waals surface area contributed by atoms with Crippen molar-refractivity contribution >= 4 is 0 Å². The third-order valence-electron chi connectivity index (χ3n) is 3.24. The van der Waals surface area contributed by atoms with Gasteiger partial charge in [0.05, 0.1) is 12.0 Å². The van der Waals surface area contributed by atoms with E-state index in [-0.39, 0.29) is 17.8 Å². The number of benzene rings is 1. The van der Waals surface area contributed by atoms with Crippen LogP contribution >= 0.6 is 0 Å². The zero-order valence-electron chi connectivity index (χ0n) is 10.0. The van der Waals surface area contributed by atoms with Crippen LogP contribution < -0.4 is 0 Å². The Morgan fingerprint density at radius 3 is 3.00 bits per heavy atom. The first-order chi connectivity index (χ1) is 8.74. The first kappa shape index (κ1) is 11.2. The van der Waals surface area contributed by atoms with Crippen molar-refractivity contribution in [2.24, 2.45) is 0 Å². The van der Waals surface area contributed by atoms with E-state index in [4.69, 9.17) is 9.26 Å². The summed E-state index contributed by atoms with van der Waals surface area (Å²) < 4.78 is 10.8. The van der Waals surface area contributed by atoms with Gasteiger partial charge in [0.2, 0.25) is 11.7 Å². The maximum atomic E-state index is 9.43. The number of ether oxygens (including phenoxy) is 1. The van der Waals surface area contributed by atoms with Crippen LogP contribution in [-0.4, -0.2) is 28.0 Å². The lowest BCUT2D eigenvalue weighted by Crippen LogP contribution is -2.09. The molecule has 2 unspecified atom stereocenters. The molecule has 3 rings (SSSR count). The van der Waals surface area contributed by atoms with Crippen LogP contribution in [0.2, 0.25) is 0 Å². The molecule has 1 aliphatic rings. The lowest BCUT2D eigenvalue weighted by atomic mass is 10.0. The molecule has 5 nitrogen and oxygen atoms in total. The molecule has 1 aliphatic heterocycles. The number of phenols is 1. The Kier molecular flexibility index (Phi) is 2.76. The predicted octanol–water partition coefficient (Wildman–Crippen LogP) is 2.33. The summed E-state index contributed by atoms with van der Waals surface area (Å²) in [5.41, 5.74) is 0.747. The van der Waals surface area contributed by atoms with Crippen molar-refractivity contribution in [2.75, 3.05) is 6.61 Å². The fraction of sp³-hybridized carbons (Fsp3) is 0.385. The van der Waals surface area contributed by atoms with E-state index in [9.17, 15) is 5.11 Å². The summed E-state index contributed by atoms with van der Waals surface area (Å²) in [7, 11) is 0. The first-order valence-corrected chi connectivity index (χ1v) is 5.98. The van der Waals surface area contributed by atoms with Gasteiger partial charge in [-0.2, -0.15) is 4.98 Å². The van der Waals surface area contributed by atoms with Crippen LogP contribution in [0.15, 0.2) is 28.8 Å². The minimum Gasteiger partial charge on any atom is -0.508 e. The molecule has 2 aromatic rings. The van der Waals surface area contributed by atoms with E-state index >= 15 is 0 Å². The second-order valence-corrected chi connectivity index (χ2v) is 4.48. The van der Waals surface area contributed by atoms with Gasteiger partial charge in [0.15, 0.2) is 0 Å². The average molecular weight is 246 g/mol. The molecule has 0 aliphatic carbocycles. The summed E-state index contributed by atoms with van der Waals surface area (Å²) in [6.45, 7) is 2.74. The molecule has 0 saturated carbocycles. The smallest absolute Gasteiger partial charge is 0.232 e. The minimum atomic E-state index is 0.113. The van der Waals surface area contributed by atoms with Crippen molar-refractivity contribution in [1.82, 2.24) is 10.1 Å². The second kappa shape index (κ2) is 4.42. The molecular formula is C13H14N2O3. The average Bonchev–Trinajstić information content (AvgIpc) is 2.97. The van der Waals surface area contributed by atoms with Gasteiger partial charge < -0.3 is 14.4 Å². The van der Waals surface area contributed by atoms with E-state index in [0.717, 1.165) is 18.6 Å². The first-order valence-electron chi connectivity index (χ1n) is 5.98. The molecule has 5 heteroatoms. The SMILES string of the molecule is CC1OCCC1c1nc(-c2cccc(O)c2)no1. The lowest BCUT2D eigenvalue weighted by Gasteiger charge is -2.07. The number of aromatic hydroxyl groups is 1. The summed E-state index contributed by atoms with van der Waals surface area (Å²) in [5, 5.41) is 13.4. The summed E-state index contributed by atoms with van der Waals surface area (Å²) in [6, 6.07) is 6.81. The van der Waals surface area contributed by atoms with Crippen molar-refractivity contribution in [1.29, 1.82) is 0 Å². The van der Waals surface area contributed by atoms with E-state index < -0.39 is 0 Å². The van der Waals surface area contributed by atoms with E-state index in [0.29, 0.717) is 11.7 Å². The maximum Gasteiger partial charge on any atom is 0.232 e. The van der Waals surface area contributed by atoms with Crippen molar-refractivity contribution in [3.8, 4) is 17.1 Å². The van der Waals surface area contributed by atoms with E-state index in [1.807, 2.05) is 13.0 Å². The van der Waals surface area contributed by atoms with Crippen molar-refractivity contribution in [3.63, 3.8) is 0 Å². The predicted molar refractivity (Wildman–Crippen MR) is 64.2 cm³/mol. The summed E-state index contributed by atoms with van der Waals surface area (Å²) in [4.78, 5) is 4.39. The molecule has 1 N–H and O–H groups in total. The van der Waals surface area contributed by atoms with Crippen LogP contribution in [0.4, 0.5) is 0 Å². The molecular weight excluding hydrogens is 232 g/mol. The largest absolute Gasteiger partial charge is 0.508 e. The van der Waals surface area contributed by atoms with Gasteiger partial charge in [-0.15, -0.1) is 0 Å². The molecule has 0 radical (unpaired) electrons. The van der Waals surface area contributed by atoms with Gasteiger partial charge in [-0.1, -0.05) is 17.3 Å². The molecule has 1 aromatic carbocycles. The van der Waals surface area contributed by atoms with Crippen molar-refractivity contribution in [3.05, 3.63) is 30.2 Å². The van der Waals surface area contributed by atoms with Crippen molar-refractivity contribution in [2.45, 2.75) is 25.4 Å². The second-order valence-electron chi connectivity index (χ2n) is 4.48. The molecule has 1 aromatic heterocycles. The number of aromatic nitrogens is 2. The van der Waals surface area contributed by atoms with Gasteiger partial charge in [0, 0.05) is 12.2 Å². The number of nitrogens with zero attached hydrogens (tertiary/aromatic N) is 2. The third-order valence-corrected chi connectivity index (χ3v) is 3.24. The van der Waals surface area contributed by atoms with Gasteiger partial charge in [-0.25, -0.2) is 0 Å². The molecule has 1 fully saturated rings. The minimum absolute atomic E-state index is 0.113. The Labute approximate surface area is 104 Å². The molecule has 94 valence electrons. The standard InChI is InChI=1S/C13H14N2O3/c1-8-11(5-6-17-8)13-14-12(15-18-13)9-3-2-4-10(16)7-9/h2-4,7-8,11,16H,5-6H2,1H3. The highest BCUT2D eigenvalue weighted by Crippen LogP contribution is 2.31. The lowest BCUT2D eigenvalue weighted by molar-refractivity contribution is 0.113. The fourth-order valence-corrected chi connectivity index (χ4v) is 2.20. The van der Waals surface area contributed by atoms with Crippen LogP contribution in [0.5, 0.6) is 5.75 Å². The Hall–Kier alpha value is -1.88. The van der Waals surface area contributed by atoms with Gasteiger partial charge in [0.1, 0.15) is 5.75 Å². The van der Waals surface area contributed by atoms with Crippen LogP contribution in [-0.2, 0) is 4.74 Å². The van der Waals surface area contributed by atoms with E-state index in [1.165, 1.54) is 0 Å². The zero-order chi connectivity index (χ0) is 12.5. The molecule has 0 bridgehead atoms. The molecule has 0 amide bonds. The summed E-state index contributed by atoms with van der Waals surface area (Å²) in [5.74, 6) is 1.47. The molecule has 0 spiro atoms. The summed E-state index contributed by atoms with van der Waals surface area (Å²) in [6.07, 6.45) is 1.02. The van der Waals surface area contributed by atoms with Gasteiger partial charge in [-0.3, -0.25) is 0 Å².